The molecular weight excluding hydrogens is 476 g/mol. The van der Waals surface area contributed by atoms with Crippen molar-refractivity contribution in [2.75, 3.05) is 18.5 Å². The summed E-state index contributed by atoms with van der Waals surface area (Å²) in [5.74, 6) is -1.29. The summed E-state index contributed by atoms with van der Waals surface area (Å²) in [6.45, 7) is 0.515. The number of rotatable bonds is 3. The molecule has 33 heavy (non-hydrogen) atoms. The maximum absolute atomic E-state index is 13.1. The van der Waals surface area contributed by atoms with Gasteiger partial charge in [0.05, 0.1) is 23.4 Å². The number of thiazole rings is 1. The normalized spacial score (nSPS) is 18.8. The number of benzene rings is 1. The molecule has 2 amide bonds. The van der Waals surface area contributed by atoms with Crippen LogP contribution in [-0.2, 0) is 34.8 Å². The smallest absolute Gasteiger partial charge is 0.368 e. The van der Waals surface area contributed by atoms with Crippen LogP contribution in [0, 0.1) is 0 Å². The summed E-state index contributed by atoms with van der Waals surface area (Å²) >= 11 is 1.10. The quantitative estimate of drug-likeness (QED) is 0.640. The number of carbonyl (C=O) groups is 2. The second-order valence-electron chi connectivity index (χ2n) is 7.65. The predicted molar refractivity (Wildman–Crippen MR) is 105 cm³/mol. The van der Waals surface area contributed by atoms with Crippen LogP contribution >= 0.6 is 11.3 Å². The van der Waals surface area contributed by atoms with Crippen molar-refractivity contribution in [3.05, 3.63) is 45.5 Å². The lowest BCUT2D eigenvalue weighted by molar-refractivity contribution is -0.143. The Labute approximate surface area is 187 Å². The van der Waals surface area contributed by atoms with Crippen LogP contribution in [0.15, 0.2) is 18.2 Å². The highest BCUT2D eigenvalue weighted by Gasteiger charge is 2.38. The number of nitrogens with zero attached hydrogens (tertiary/aromatic N) is 2. The van der Waals surface area contributed by atoms with Crippen molar-refractivity contribution in [3.8, 4) is 0 Å². The van der Waals surface area contributed by atoms with E-state index >= 15 is 0 Å². The molecule has 0 saturated carbocycles. The van der Waals surface area contributed by atoms with Gasteiger partial charge in [0.15, 0.2) is 5.13 Å². The molecule has 1 aromatic carbocycles. The predicted octanol–water partition coefficient (Wildman–Crippen LogP) is 4.50. The van der Waals surface area contributed by atoms with Gasteiger partial charge >= 0.3 is 12.4 Å². The van der Waals surface area contributed by atoms with Crippen LogP contribution in [0.25, 0.3) is 0 Å². The number of carbonyl (C=O) groups excluding carboxylic acids is 2. The van der Waals surface area contributed by atoms with E-state index in [0.717, 1.165) is 17.8 Å². The fourth-order valence-corrected chi connectivity index (χ4v) is 4.68. The fraction of sp³-hybridized carbons (Fsp3) is 0.450. The molecule has 4 rings (SSSR count). The Hall–Kier alpha value is -2.67. The highest BCUT2D eigenvalue weighted by atomic mass is 32.1. The zero-order chi connectivity index (χ0) is 24.0. The van der Waals surface area contributed by atoms with E-state index in [1.165, 1.54) is 4.90 Å². The van der Waals surface area contributed by atoms with Crippen molar-refractivity contribution in [1.29, 1.82) is 0 Å². The molecule has 178 valence electrons. The first-order valence-corrected chi connectivity index (χ1v) is 10.7. The first kappa shape index (κ1) is 23.5. The summed E-state index contributed by atoms with van der Waals surface area (Å²) in [5, 5.41) is 2.95. The van der Waals surface area contributed by atoms with Crippen LogP contribution in [0.1, 0.15) is 44.9 Å². The molecule has 1 atom stereocenters. The summed E-state index contributed by atoms with van der Waals surface area (Å²) in [6, 6.07) is 0.831. The third kappa shape index (κ3) is 5.13. The summed E-state index contributed by atoms with van der Waals surface area (Å²) in [4.78, 5) is 31.1. The number of amides is 2. The highest BCUT2D eigenvalue weighted by Crippen LogP contribution is 2.37. The Bertz CT molecular complexity index is 1040. The number of halogens is 6. The Morgan fingerprint density at radius 2 is 1.76 bits per heavy atom. The second kappa shape index (κ2) is 8.60. The van der Waals surface area contributed by atoms with Crippen LogP contribution in [0.3, 0.4) is 0 Å². The third-order valence-electron chi connectivity index (χ3n) is 5.31. The van der Waals surface area contributed by atoms with Gasteiger partial charge in [0.1, 0.15) is 6.10 Å². The Kier molecular flexibility index (Phi) is 6.12. The first-order chi connectivity index (χ1) is 15.4. The van der Waals surface area contributed by atoms with Gasteiger partial charge in [0.2, 0.25) is 0 Å². The average Bonchev–Trinajstić information content (AvgIpc) is 3.40. The monoisotopic (exact) mass is 493 g/mol. The Morgan fingerprint density at radius 1 is 1.09 bits per heavy atom. The van der Waals surface area contributed by atoms with Crippen LogP contribution in [0.4, 0.5) is 31.5 Å². The van der Waals surface area contributed by atoms with E-state index in [9.17, 15) is 35.9 Å². The van der Waals surface area contributed by atoms with E-state index in [1.54, 1.807) is 0 Å². The molecule has 1 N–H and O–H groups in total. The zero-order valence-corrected chi connectivity index (χ0v) is 17.7. The molecule has 1 aromatic heterocycles. The largest absolute Gasteiger partial charge is 0.416 e. The number of hydrogen-bond acceptors (Lipinski definition) is 5. The SMILES string of the molecule is O=C(Nc1nc2c(s1)CN(C(=O)c1cc(C(F)(F)F)cc(C(F)(F)F)c1)CC2)C1CCCO1. The van der Waals surface area contributed by atoms with Gasteiger partial charge in [0.25, 0.3) is 11.8 Å². The minimum Gasteiger partial charge on any atom is -0.368 e. The van der Waals surface area contributed by atoms with Crippen molar-refractivity contribution in [3.63, 3.8) is 0 Å². The molecular formula is C20H17F6N3O3S. The minimum atomic E-state index is -5.04. The lowest BCUT2D eigenvalue weighted by atomic mass is 10.0. The van der Waals surface area contributed by atoms with Gasteiger partial charge in [-0.1, -0.05) is 11.3 Å². The third-order valence-corrected chi connectivity index (χ3v) is 6.30. The number of nitrogens with one attached hydrogen (secondary N) is 1. The topological polar surface area (TPSA) is 71.5 Å². The van der Waals surface area contributed by atoms with Crippen LogP contribution < -0.4 is 5.32 Å². The number of alkyl halides is 6. The van der Waals surface area contributed by atoms with Gasteiger partial charge in [-0.3, -0.25) is 14.9 Å². The standard InChI is InChI=1S/C20H17F6N3O3S/c21-19(22,23)11-6-10(7-12(8-11)20(24,25)26)17(31)29-4-3-13-15(9-29)33-18(27-13)28-16(30)14-2-1-5-32-14/h6-8,14H,1-5,9H2,(H,27,28,30). The maximum atomic E-state index is 13.1. The van der Waals surface area contributed by atoms with E-state index in [0.29, 0.717) is 40.9 Å². The van der Waals surface area contributed by atoms with Crippen molar-refractivity contribution in [2.24, 2.45) is 0 Å². The number of anilines is 1. The number of ether oxygens (including phenoxy) is 1. The summed E-state index contributed by atoms with van der Waals surface area (Å²) in [6.07, 6.45) is -9.03. The molecule has 2 aromatic rings. The van der Waals surface area contributed by atoms with E-state index in [2.05, 4.69) is 10.3 Å². The number of fused-ring (bicyclic) bond motifs is 1. The van der Waals surface area contributed by atoms with E-state index in [4.69, 9.17) is 4.74 Å². The summed E-state index contributed by atoms with van der Waals surface area (Å²) < 4.78 is 84.0. The van der Waals surface area contributed by atoms with Gasteiger partial charge in [-0.25, -0.2) is 4.98 Å². The molecule has 1 saturated heterocycles. The molecule has 3 heterocycles. The lowest BCUT2D eigenvalue weighted by Crippen LogP contribution is -2.35. The van der Waals surface area contributed by atoms with E-state index < -0.39 is 41.1 Å². The lowest BCUT2D eigenvalue weighted by Gasteiger charge is -2.26. The van der Waals surface area contributed by atoms with Gasteiger partial charge in [-0.05, 0) is 31.0 Å². The van der Waals surface area contributed by atoms with Crippen LogP contribution in [-0.4, -0.2) is 41.0 Å². The van der Waals surface area contributed by atoms with Gasteiger partial charge < -0.3 is 9.64 Å². The molecule has 0 radical (unpaired) electrons. The Morgan fingerprint density at radius 3 is 2.33 bits per heavy atom. The molecule has 1 fully saturated rings. The van der Waals surface area contributed by atoms with Crippen LogP contribution in [0.5, 0.6) is 0 Å². The van der Waals surface area contributed by atoms with Crippen molar-refractivity contribution < 1.29 is 40.7 Å². The van der Waals surface area contributed by atoms with Gasteiger partial charge in [0, 0.05) is 30.0 Å². The maximum Gasteiger partial charge on any atom is 0.416 e. The van der Waals surface area contributed by atoms with E-state index in [1.807, 2.05) is 0 Å². The summed E-state index contributed by atoms with van der Waals surface area (Å²) in [5.41, 5.74) is -3.17. The molecule has 2 aliphatic heterocycles. The molecule has 2 aliphatic rings. The minimum absolute atomic E-state index is 0.0166. The van der Waals surface area contributed by atoms with E-state index in [-0.39, 0.29) is 31.5 Å². The highest BCUT2D eigenvalue weighted by molar-refractivity contribution is 7.15. The summed E-state index contributed by atoms with van der Waals surface area (Å²) in [7, 11) is 0. The number of aromatic nitrogens is 1. The first-order valence-electron chi connectivity index (χ1n) is 9.91. The second-order valence-corrected chi connectivity index (χ2v) is 8.73. The van der Waals surface area contributed by atoms with Gasteiger partial charge in [-0.15, -0.1) is 0 Å². The molecule has 0 spiro atoms. The van der Waals surface area contributed by atoms with Gasteiger partial charge in [-0.2, -0.15) is 26.3 Å². The van der Waals surface area contributed by atoms with Crippen molar-refractivity contribution >= 4 is 28.3 Å². The fourth-order valence-electron chi connectivity index (χ4n) is 3.65. The number of hydrogen-bond donors (Lipinski definition) is 1. The molecule has 6 nitrogen and oxygen atoms in total. The molecule has 0 bridgehead atoms. The Balaban J connectivity index is 1.53. The van der Waals surface area contributed by atoms with Crippen molar-refractivity contribution in [2.45, 2.75) is 44.3 Å². The average molecular weight is 493 g/mol. The molecule has 0 aliphatic carbocycles. The molecule has 13 heteroatoms. The van der Waals surface area contributed by atoms with Crippen molar-refractivity contribution in [1.82, 2.24) is 9.88 Å². The molecule has 1 unspecified atom stereocenters. The van der Waals surface area contributed by atoms with Crippen LogP contribution in [0.2, 0.25) is 0 Å². The zero-order valence-electron chi connectivity index (χ0n) is 16.8.